The molecule has 11 heteroatoms. The predicted octanol–water partition coefficient (Wildman–Crippen LogP) is 3.09. The van der Waals surface area contributed by atoms with E-state index in [-0.39, 0.29) is 37.1 Å². The van der Waals surface area contributed by atoms with E-state index in [1.54, 1.807) is 57.1 Å². The van der Waals surface area contributed by atoms with Crippen molar-refractivity contribution in [2.45, 2.75) is 111 Å². The number of amides is 4. The van der Waals surface area contributed by atoms with Gasteiger partial charge in [0.2, 0.25) is 23.6 Å². The number of nitrogens with one attached hydrogen (secondary N) is 3. The fraction of sp³-hybridized carbons (Fsp3) is 0.667. The highest BCUT2D eigenvalue weighted by Gasteiger charge is 2.37. The summed E-state index contributed by atoms with van der Waals surface area (Å²) in [5, 5.41) is 8.75. The van der Waals surface area contributed by atoms with Gasteiger partial charge in [-0.25, -0.2) is 0 Å². The van der Waals surface area contributed by atoms with Crippen molar-refractivity contribution in [1.29, 1.82) is 0 Å². The number of nitrogens with two attached hydrogens (primary N) is 1. The summed E-state index contributed by atoms with van der Waals surface area (Å²) >= 11 is 0. The van der Waals surface area contributed by atoms with E-state index >= 15 is 0 Å². The minimum Gasteiger partial charge on any atom is -0.426 e. The van der Waals surface area contributed by atoms with Crippen LogP contribution in [0.3, 0.4) is 0 Å². The van der Waals surface area contributed by atoms with Crippen LogP contribution in [0.4, 0.5) is 0 Å². The fourth-order valence-corrected chi connectivity index (χ4v) is 4.97. The molecule has 0 heterocycles. The Bertz CT molecular complexity index is 1120. The molecule has 0 aliphatic carbocycles. The summed E-state index contributed by atoms with van der Waals surface area (Å²) in [6.07, 6.45) is 3.95. The van der Waals surface area contributed by atoms with Crippen molar-refractivity contribution in [2.24, 2.45) is 17.1 Å². The molecule has 0 aromatic heterocycles. The molecule has 1 aromatic rings. The molecule has 4 amide bonds. The Morgan fingerprint density at radius 2 is 1.55 bits per heavy atom. The second kappa shape index (κ2) is 17.7. The third kappa shape index (κ3) is 13.9. The first kappa shape index (κ1) is 38.6. The number of esters is 1. The van der Waals surface area contributed by atoms with Gasteiger partial charge in [0, 0.05) is 23.8 Å². The monoisotopic (exact) mass is 617 g/mol. The molecule has 1 aromatic carbocycles. The molecule has 0 bridgehead atoms. The molecule has 0 saturated heterocycles. The smallest absolute Gasteiger partial charge is 0.325 e. The van der Waals surface area contributed by atoms with E-state index in [9.17, 15) is 24.0 Å². The molecule has 3 atom stereocenters. The summed E-state index contributed by atoms with van der Waals surface area (Å²) < 4.78 is 5.35. The third-order valence-electron chi connectivity index (χ3n) is 7.51. The Morgan fingerprint density at radius 1 is 0.932 bits per heavy atom. The lowest BCUT2D eigenvalue weighted by molar-refractivity contribution is -0.135. The topological polar surface area (TPSA) is 160 Å². The van der Waals surface area contributed by atoms with Gasteiger partial charge in [0.25, 0.3) is 0 Å². The van der Waals surface area contributed by atoms with Crippen molar-refractivity contribution in [3.8, 4) is 5.75 Å². The Morgan fingerprint density at radius 3 is 2.07 bits per heavy atom. The fourth-order valence-electron chi connectivity index (χ4n) is 4.97. The largest absolute Gasteiger partial charge is 0.426 e. The first-order valence-corrected chi connectivity index (χ1v) is 15.6. The van der Waals surface area contributed by atoms with Crippen LogP contribution in [0.5, 0.6) is 5.75 Å². The van der Waals surface area contributed by atoms with Crippen LogP contribution >= 0.6 is 0 Å². The number of carbonyl (C=O) groups is 5. The highest BCUT2D eigenvalue weighted by molar-refractivity contribution is 5.92. The van der Waals surface area contributed by atoms with E-state index in [1.807, 2.05) is 34.6 Å². The van der Waals surface area contributed by atoms with Crippen molar-refractivity contribution in [2.75, 3.05) is 20.6 Å². The van der Waals surface area contributed by atoms with E-state index in [1.165, 1.54) is 0 Å². The van der Waals surface area contributed by atoms with Gasteiger partial charge in [-0.3, -0.25) is 28.9 Å². The normalized spacial score (nSPS) is 13.9. The second-order valence-electron chi connectivity index (χ2n) is 13.3. The first-order chi connectivity index (χ1) is 20.4. The van der Waals surface area contributed by atoms with E-state index in [0.29, 0.717) is 25.0 Å². The van der Waals surface area contributed by atoms with Gasteiger partial charge in [0.1, 0.15) is 17.8 Å². The lowest BCUT2D eigenvalue weighted by Gasteiger charge is -2.36. The summed E-state index contributed by atoms with van der Waals surface area (Å²) in [5.41, 5.74) is 4.67. The van der Waals surface area contributed by atoms with Crippen LogP contribution in [-0.2, 0) is 30.4 Å². The minimum atomic E-state index is -0.938. The van der Waals surface area contributed by atoms with Crippen LogP contribution in [0.1, 0.15) is 92.6 Å². The van der Waals surface area contributed by atoms with E-state index < -0.39 is 40.8 Å². The molecule has 11 nitrogen and oxygen atoms in total. The number of primary amides is 1. The number of rotatable bonds is 19. The zero-order valence-corrected chi connectivity index (χ0v) is 28.2. The Kier molecular flexibility index (Phi) is 15.5. The lowest BCUT2D eigenvalue weighted by atomic mass is 9.79. The number of ether oxygens (including phenoxy) is 1. The van der Waals surface area contributed by atoms with E-state index in [0.717, 1.165) is 18.4 Å². The summed E-state index contributed by atoms with van der Waals surface area (Å²) in [6, 6.07) is 4.96. The van der Waals surface area contributed by atoms with Gasteiger partial charge < -0.3 is 26.4 Å². The zero-order chi connectivity index (χ0) is 33.7. The highest BCUT2D eigenvalue weighted by Crippen LogP contribution is 2.28. The summed E-state index contributed by atoms with van der Waals surface area (Å²) in [7, 11) is 3.54. The highest BCUT2D eigenvalue weighted by atomic mass is 16.5. The first-order valence-electron chi connectivity index (χ1n) is 15.6. The van der Waals surface area contributed by atoms with Gasteiger partial charge in [0.15, 0.2) is 0 Å². The van der Waals surface area contributed by atoms with Gasteiger partial charge >= 0.3 is 5.97 Å². The van der Waals surface area contributed by atoms with Crippen LogP contribution in [0.2, 0.25) is 0 Å². The molecule has 3 unspecified atom stereocenters. The molecule has 5 N–H and O–H groups in total. The van der Waals surface area contributed by atoms with Crippen LogP contribution in [0.15, 0.2) is 24.3 Å². The maximum absolute atomic E-state index is 13.7. The Labute approximate surface area is 263 Å². The van der Waals surface area contributed by atoms with Crippen LogP contribution < -0.4 is 26.4 Å². The third-order valence-corrected chi connectivity index (χ3v) is 7.51. The molecule has 44 heavy (non-hydrogen) atoms. The minimum absolute atomic E-state index is 0.138. The van der Waals surface area contributed by atoms with Crippen LogP contribution in [0, 0.1) is 11.3 Å². The Balaban J connectivity index is 3.17. The van der Waals surface area contributed by atoms with Crippen molar-refractivity contribution < 1.29 is 28.7 Å². The van der Waals surface area contributed by atoms with Gasteiger partial charge in [-0.1, -0.05) is 66.0 Å². The average molecular weight is 618 g/mol. The molecule has 1 rings (SSSR count). The van der Waals surface area contributed by atoms with Gasteiger partial charge in [-0.05, 0) is 64.4 Å². The maximum atomic E-state index is 13.7. The maximum Gasteiger partial charge on any atom is 0.325 e. The zero-order valence-electron chi connectivity index (χ0n) is 28.2. The number of hydrogen-bond acceptors (Lipinski definition) is 7. The number of benzene rings is 1. The molecule has 0 aliphatic rings. The number of nitrogens with zero attached hydrogens (tertiary/aromatic N) is 1. The van der Waals surface area contributed by atoms with Gasteiger partial charge in [0.05, 0.1) is 6.54 Å². The molecule has 0 fully saturated rings. The standard InChI is InChI=1S/C33H55N5O6/c1-10-12-13-14-26(39)35-25(19-23-15-17-24(18-16-23)44-27(40)20-38(8)9)29(41)36-28(22(3)11-2)30(42)37-33(6,7)21-32(4,5)31(34)43/h15-18,22,25,28H,10-14,19-21H2,1-9H3,(H2,34,43)(H,35,39)(H,36,41)(H,37,42). The van der Waals surface area contributed by atoms with Crippen molar-refractivity contribution in [3.63, 3.8) is 0 Å². The SMILES string of the molecule is CCCCCC(=O)NC(Cc1ccc(OC(=O)CN(C)C)cc1)C(=O)NC(C(=O)NC(C)(C)CC(C)(C)C(N)=O)C(C)CC. The molecular formula is C33H55N5O6. The van der Waals surface area contributed by atoms with Crippen LogP contribution in [0.25, 0.3) is 0 Å². The number of carbonyl (C=O) groups excluding carboxylic acids is 5. The van der Waals surface area contributed by atoms with Gasteiger partial charge in [-0.2, -0.15) is 0 Å². The Hall–Kier alpha value is -3.47. The average Bonchev–Trinajstić information content (AvgIpc) is 2.90. The van der Waals surface area contributed by atoms with Gasteiger partial charge in [-0.15, -0.1) is 0 Å². The van der Waals surface area contributed by atoms with Crippen molar-refractivity contribution >= 4 is 29.6 Å². The van der Waals surface area contributed by atoms with Crippen molar-refractivity contribution in [1.82, 2.24) is 20.9 Å². The summed E-state index contributed by atoms with van der Waals surface area (Å²) in [6.45, 7) is 13.1. The second-order valence-corrected chi connectivity index (χ2v) is 13.3. The van der Waals surface area contributed by atoms with E-state index in [4.69, 9.17) is 10.5 Å². The van der Waals surface area contributed by atoms with E-state index in [2.05, 4.69) is 16.0 Å². The summed E-state index contributed by atoms with van der Waals surface area (Å²) in [5.74, 6) is -1.80. The lowest BCUT2D eigenvalue weighted by Crippen LogP contribution is -2.59. The van der Waals surface area contributed by atoms with Crippen molar-refractivity contribution in [3.05, 3.63) is 29.8 Å². The summed E-state index contributed by atoms with van der Waals surface area (Å²) in [4.78, 5) is 65.7. The predicted molar refractivity (Wildman–Crippen MR) is 172 cm³/mol. The number of unbranched alkanes of at least 4 members (excludes halogenated alkanes) is 2. The number of hydrogen-bond donors (Lipinski definition) is 4. The molecular weight excluding hydrogens is 562 g/mol. The molecule has 0 aliphatic heterocycles. The number of likely N-dealkylation sites (N-methyl/N-ethyl adjacent to an activating group) is 1. The molecule has 248 valence electrons. The molecule has 0 spiro atoms. The quantitative estimate of drug-likeness (QED) is 0.105. The van der Waals surface area contributed by atoms with Crippen LogP contribution in [-0.4, -0.2) is 72.8 Å². The molecule has 0 saturated carbocycles. The molecule has 0 radical (unpaired) electrons.